The number of fused-ring (bicyclic) bond motifs is 1. The molecule has 4 heteroatoms. The minimum Gasteiger partial charge on any atom is -0.327 e. The van der Waals surface area contributed by atoms with Crippen molar-refractivity contribution in [3.8, 4) is 0 Å². The molecule has 1 unspecified atom stereocenters. The molecule has 1 aromatic carbocycles. The zero-order valence-corrected chi connectivity index (χ0v) is 14.1. The molecule has 0 bridgehead atoms. The third-order valence-electron chi connectivity index (χ3n) is 5.30. The van der Waals surface area contributed by atoms with Crippen LogP contribution in [0, 0.1) is 18.8 Å². The van der Waals surface area contributed by atoms with Crippen LogP contribution in [0.4, 0.5) is 5.69 Å². The summed E-state index contributed by atoms with van der Waals surface area (Å²) in [6.45, 7) is 4.86. The van der Waals surface area contributed by atoms with E-state index in [-0.39, 0.29) is 5.91 Å². The van der Waals surface area contributed by atoms with E-state index in [0.29, 0.717) is 11.6 Å². The second-order valence-corrected chi connectivity index (χ2v) is 7.41. The van der Waals surface area contributed by atoms with Gasteiger partial charge in [-0.25, -0.2) is 0 Å². The van der Waals surface area contributed by atoms with Gasteiger partial charge in [0.25, 0.3) is 5.91 Å². The summed E-state index contributed by atoms with van der Waals surface area (Å²) in [5.74, 6) is 1.84. The van der Waals surface area contributed by atoms with Crippen LogP contribution >= 0.6 is 11.6 Å². The van der Waals surface area contributed by atoms with Gasteiger partial charge in [-0.2, -0.15) is 0 Å². The summed E-state index contributed by atoms with van der Waals surface area (Å²) in [4.78, 5) is 13.7. The smallest absolute Gasteiger partial charge is 0.279 e. The van der Waals surface area contributed by atoms with Crippen LogP contribution in [0.5, 0.6) is 0 Å². The lowest BCUT2D eigenvalue weighted by atomic mass is 9.75. The fourth-order valence-electron chi connectivity index (χ4n) is 4.10. The molecule has 1 aromatic rings. The SMILES string of the molecule is Cc1ccc(NC(=O)C[NH+]2CC[C@H]3CCCC[C@@H]3C2)c(Cl)c1. The van der Waals surface area contributed by atoms with E-state index in [1.54, 1.807) is 0 Å². The highest BCUT2D eigenvalue weighted by atomic mass is 35.5. The van der Waals surface area contributed by atoms with E-state index in [1.807, 2.05) is 25.1 Å². The summed E-state index contributed by atoms with van der Waals surface area (Å²) in [7, 11) is 0. The molecular weight excluding hydrogens is 296 g/mol. The van der Waals surface area contributed by atoms with Gasteiger partial charge < -0.3 is 10.2 Å². The van der Waals surface area contributed by atoms with Crippen LogP contribution in [0.25, 0.3) is 0 Å². The first-order valence-corrected chi connectivity index (χ1v) is 8.89. The average Bonchev–Trinajstić information content (AvgIpc) is 2.50. The first-order chi connectivity index (χ1) is 10.6. The van der Waals surface area contributed by atoms with E-state index in [0.717, 1.165) is 29.6 Å². The van der Waals surface area contributed by atoms with Gasteiger partial charge in [-0.15, -0.1) is 0 Å². The van der Waals surface area contributed by atoms with Crippen LogP contribution in [-0.4, -0.2) is 25.5 Å². The van der Waals surface area contributed by atoms with Gasteiger partial charge >= 0.3 is 0 Å². The molecule has 2 aliphatic rings. The molecule has 120 valence electrons. The van der Waals surface area contributed by atoms with Crippen LogP contribution < -0.4 is 10.2 Å². The Morgan fingerprint density at radius 3 is 2.82 bits per heavy atom. The molecule has 3 nitrogen and oxygen atoms in total. The maximum atomic E-state index is 12.3. The van der Waals surface area contributed by atoms with Crippen molar-refractivity contribution >= 4 is 23.2 Å². The number of halogens is 1. The number of piperidine rings is 1. The maximum absolute atomic E-state index is 12.3. The van der Waals surface area contributed by atoms with Gasteiger partial charge in [-0.3, -0.25) is 4.79 Å². The quantitative estimate of drug-likeness (QED) is 0.881. The second-order valence-electron chi connectivity index (χ2n) is 7.01. The first-order valence-electron chi connectivity index (χ1n) is 8.51. The molecule has 2 N–H and O–H groups in total. The molecule has 3 rings (SSSR count). The number of hydrogen-bond donors (Lipinski definition) is 2. The number of carbonyl (C=O) groups is 1. The number of carbonyl (C=O) groups excluding carboxylic acids is 1. The Hall–Kier alpha value is -1.06. The highest BCUT2D eigenvalue weighted by molar-refractivity contribution is 6.33. The molecule has 0 radical (unpaired) electrons. The van der Waals surface area contributed by atoms with Crippen LogP contribution in [0.1, 0.15) is 37.7 Å². The third-order valence-corrected chi connectivity index (χ3v) is 5.61. The number of anilines is 1. The van der Waals surface area contributed by atoms with E-state index in [9.17, 15) is 4.79 Å². The molecule has 1 amide bonds. The van der Waals surface area contributed by atoms with E-state index in [2.05, 4.69) is 5.32 Å². The fourth-order valence-corrected chi connectivity index (χ4v) is 4.38. The standard InChI is InChI=1S/C18H25ClN2O/c1-13-6-7-17(16(19)10-13)20-18(22)12-21-9-8-14-4-2-3-5-15(14)11-21/h6-7,10,14-15H,2-5,8-9,11-12H2,1H3,(H,20,22)/p+1/t14-,15-/m1/s1. The van der Waals surface area contributed by atoms with Gasteiger partial charge in [0.1, 0.15) is 0 Å². The van der Waals surface area contributed by atoms with E-state index in [4.69, 9.17) is 11.6 Å². The molecule has 1 aliphatic heterocycles. The minimum absolute atomic E-state index is 0.0787. The van der Waals surface area contributed by atoms with Gasteiger partial charge in [0.15, 0.2) is 6.54 Å². The Labute approximate surface area is 138 Å². The topological polar surface area (TPSA) is 33.5 Å². The summed E-state index contributed by atoms with van der Waals surface area (Å²) in [6, 6.07) is 5.75. The normalized spacial score (nSPS) is 28.0. The van der Waals surface area contributed by atoms with Crippen molar-refractivity contribution in [2.24, 2.45) is 11.8 Å². The lowest BCUT2D eigenvalue weighted by Crippen LogP contribution is -3.15. The molecule has 3 atom stereocenters. The van der Waals surface area contributed by atoms with Crippen LogP contribution in [0.15, 0.2) is 18.2 Å². The van der Waals surface area contributed by atoms with Gasteiger partial charge in [-0.05, 0) is 49.8 Å². The number of hydrogen-bond acceptors (Lipinski definition) is 1. The number of aryl methyl sites for hydroxylation is 1. The molecule has 1 aliphatic carbocycles. The number of likely N-dealkylation sites (tertiary alicyclic amines) is 1. The van der Waals surface area contributed by atoms with Crippen molar-refractivity contribution in [3.05, 3.63) is 28.8 Å². The highest BCUT2D eigenvalue weighted by Gasteiger charge is 2.34. The number of rotatable bonds is 3. The van der Waals surface area contributed by atoms with Gasteiger partial charge in [0.05, 0.1) is 23.8 Å². The molecule has 1 saturated carbocycles. The highest BCUT2D eigenvalue weighted by Crippen LogP contribution is 2.32. The van der Waals surface area contributed by atoms with Crippen molar-refractivity contribution in [2.75, 3.05) is 25.0 Å². The fraction of sp³-hybridized carbons (Fsp3) is 0.611. The van der Waals surface area contributed by atoms with Gasteiger partial charge in [0.2, 0.25) is 0 Å². The van der Waals surface area contributed by atoms with Crippen LogP contribution in [0.2, 0.25) is 5.02 Å². The largest absolute Gasteiger partial charge is 0.327 e. The van der Waals surface area contributed by atoms with Crippen molar-refractivity contribution in [2.45, 2.75) is 39.0 Å². The first kappa shape index (κ1) is 15.8. The number of benzene rings is 1. The second kappa shape index (κ2) is 7.01. The van der Waals surface area contributed by atoms with Gasteiger partial charge in [0, 0.05) is 5.92 Å². The number of quaternary nitrogens is 1. The molecule has 2 fully saturated rings. The maximum Gasteiger partial charge on any atom is 0.279 e. The molecule has 0 spiro atoms. The van der Waals surface area contributed by atoms with Crippen molar-refractivity contribution in [1.82, 2.24) is 0 Å². The third kappa shape index (κ3) is 3.82. The minimum atomic E-state index is 0.0787. The Balaban J connectivity index is 1.53. The summed E-state index contributed by atoms with van der Waals surface area (Å²) < 4.78 is 0. The molecule has 22 heavy (non-hydrogen) atoms. The van der Waals surface area contributed by atoms with E-state index < -0.39 is 0 Å². The van der Waals surface area contributed by atoms with Crippen molar-refractivity contribution in [3.63, 3.8) is 0 Å². The summed E-state index contributed by atoms with van der Waals surface area (Å²) >= 11 is 6.19. The lowest BCUT2D eigenvalue weighted by Gasteiger charge is -2.38. The Kier molecular flexibility index (Phi) is 5.04. The lowest BCUT2D eigenvalue weighted by molar-refractivity contribution is -0.902. The summed E-state index contributed by atoms with van der Waals surface area (Å²) in [5, 5.41) is 3.58. The Morgan fingerprint density at radius 2 is 2.05 bits per heavy atom. The average molecular weight is 322 g/mol. The van der Waals surface area contributed by atoms with E-state index in [1.165, 1.54) is 43.5 Å². The zero-order chi connectivity index (χ0) is 15.5. The summed E-state index contributed by atoms with van der Waals surface area (Å²) in [5.41, 5.74) is 1.83. The predicted molar refractivity (Wildman–Crippen MR) is 90.4 cm³/mol. The Morgan fingerprint density at radius 1 is 1.27 bits per heavy atom. The number of amides is 1. The molecular formula is C18H26ClN2O+. The monoisotopic (exact) mass is 321 g/mol. The molecule has 1 heterocycles. The Bertz CT molecular complexity index is 546. The molecule has 1 saturated heterocycles. The van der Waals surface area contributed by atoms with Crippen LogP contribution in [-0.2, 0) is 4.79 Å². The summed E-state index contributed by atoms with van der Waals surface area (Å²) in [6.07, 6.45) is 6.84. The predicted octanol–water partition coefficient (Wildman–Crippen LogP) is 2.68. The van der Waals surface area contributed by atoms with Crippen molar-refractivity contribution < 1.29 is 9.69 Å². The van der Waals surface area contributed by atoms with E-state index >= 15 is 0 Å². The van der Waals surface area contributed by atoms with Crippen LogP contribution in [0.3, 0.4) is 0 Å². The molecule has 0 aromatic heterocycles. The zero-order valence-electron chi connectivity index (χ0n) is 13.3. The van der Waals surface area contributed by atoms with Crippen molar-refractivity contribution in [1.29, 1.82) is 0 Å². The number of nitrogens with one attached hydrogen (secondary N) is 2. The van der Waals surface area contributed by atoms with Gasteiger partial charge in [-0.1, -0.05) is 30.5 Å².